The van der Waals surface area contributed by atoms with Gasteiger partial charge in [-0.2, -0.15) is 13.2 Å². The van der Waals surface area contributed by atoms with Gasteiger partial charge >= 0.3 is 6.18 Å². The molecule has 0 aliphatic heterocycles. The van der Waals surface area contributed by atoms with Crippen LogP contribution in [0.4, 0.5) is 13.2 Å². The second-order valence-electron chi connectivity index (χ2n) is 5.13. The van der Waals surface area contributed by atoms with Gasteiger partial charge < -0.3 is 10.1 Å². The Labute approximate surface area is 125 Å². The quantitative estimate of drug-likeness (QED) is 0.557. The molecule has 20 heavy (non-hydrogen) atoms. The predicted octanol–water partition coefficient (Wildman–Crippen LogP) is 3.56. The van der Waals surface area contributed by atoms with Crippen molar-refractivity contribution < 1.29 is 22.7 Å². The van der Waals surface area contributed by atoms with Crippen molar-refractivity contribution in [3.63, 3.8) is 0 Å². The van der Waals surface area contributed by atoms with Crippen LogP contribution in [0.5, 0.6) is 0 Å². The maximum atomic E-state index is 12.1. The lowest BCUT2D eigenvalue weighted by molar-refractivity contribution is -0.188. The Morgan fingerprint density at radius 2 is 2.05 bits per heavy atom. The number of carbonyl (C=O) groups excluding carboxylic acids is 1. The summed E-state index contributed by atoms with van der Waals surface area (Å²) in [6.45, 7) is -1.20. The number of alkyl halides is 4. The van der Waals surface area contributed by atoms with E-state index in [0.717, 1.165) is 31.0 Å². The first-order valence-electron chi connectivity index (χ1n) is 6.94. The Morgan fingerprint density at radius 3 is 2.70 bits per heavy atom. The number of rotatable bonds is 7. The van der Waals surface area contributed by atoms with E-state index < -0.39 is 18.9 Å². The summed E-state index contributed by atoms with van der Waals surface area (Å²) in [5.74, 6) is -0.0209. The lowest BCUT2D eigenvalue weighted by Crippen LogP contribution is -2.41. The lowest BCUT2D eigenvalue weighted by Gasteiger charge is -2.30. The molecule has 0 bridgehead atoms. The highest BCUT2D eigenvalue weighted by molar-refractivity contribution is 9.09. The van der Waals surface area contributed by atoms with E-state index in [1.807, 2.05) is 0 Å². The highest BCUT2D eigenvalue weighted by Gasteiger charge is 2.31. The van der Waals surface area contributed by atoms with Crippen molar-refractivity contribution in [2.45, 2.75) is 63.3 Å². The Hall–Kier alpha value is -0.300. The highest BCUT2D eigenvalue weighted by Crippen LogP contribution is 2.24. The van der Waals surface area contributed by atoms with Crippen LogP contribution >= 0.6 is 15.9 Å². The van der Waals surface area contributed by atoms with Gasteiger partial charge in [-0.3, -0.25) is 4.79 Å². The number of carbonyl (C=O) groups is 1. The van der Waals surface area contributed by atoms with Gasteiger partial charge in [-0.25, -0.2) is 0 Å². The van der Waals surface area contributed by atoms with Crippen molar-refractivity contribution in [2.75, 3.05) is 11.9 Å². The van der Waals surface area contributed by atoms with E-state index in [9.17, 15) is 18.0 Å². The molecule has 1 amide bonds. The largest absolute Gasteiger partial charge is 0.411 e. The number of ether oxygens (including phenoxy) is 1. The zero-order valence-electron chi connectivity index (χ0n) is 11.3. The molecule has 2 unspecified atom stereocenters. The summed E-state index contributed by atoms with van der Waals surface area (Å²) < 4.78 is 41.2. The van der Waals surface area contributed by atoms with Crippen molar-refractivity contribution in [3.05, 3.63) is 0 Å². The van der Waals surface area contributed by atoms with Gasteiger partial charge in [0.15, 0.2) is 0 Å². The number of nitrogens with one attached hydrogen (secondary N) is 1. The lowest BCUT2D eigenvalue weighted by atomic mass is 9.92. The van der Waals surface area contributed by atoms with E-state index in [-0.39, 0.29) is 11.9 Å². The van der Waals surface area contributed by atoms with Crippen LogP contribution in [0.1, 0.15) is 44.9 Å². The van der Waals surface area contributed by atoms with E-state index in [1.54, 1.807) is 0 Å². The second kappa shape index (κ2) is 8.87. The van der Waals surface area contributed by atoms with E-state index in [4.69, 9.17) is 4.74 Å². The molecule has 0 radical (unpaired) electrons. The van der Waals surface area contributed by atoms with Crippen LogP contribution in [0.25, 0.3) is 0 Å². The molecule has 118 valence electrons. The molecule has 1 rings (SSSR count). The first-order valence-corrected chi connectivity index (χ1v) is 8.06. The minimum absolute atomic E-state index is 0.0209. The number of hydrogen-bond acceptors (Lipinski definition) is 2. The molecule has 0 aromatic carbocycles. The molecule has 0 aromatic heterocycles. The average molecular weight is 360 g/mol. The van der Waals surface area contributed by atoms with Gasteiger partial charge in [0.05, 0.1) is 6.10 Å². The third kappa shape index (κ3) is 8.09. The molecule has 1 N–H and O–H groups in total. The van der Waals surface area contributed by atoms with Crippen LogP contribution in [0.15, 0.2) is 0 Å². The summed E-state index contributed by atoms with van der Waals surface area (Å²) in [7, 11) is 0. The van der Waals surface area contributed by atoms with Crippen LogP contribution in [-0.4, -0.2) is 36.2 Å². The van der Waals surface area contributed by atoms with Gasteiger partial charge in [0.2, 0.25) is 5.91 Å². The highest BCUT2D eigenvalue weighted by atomic mass is 79.9. The molecule has 7 heteroatoms. The smallest absolute Gasteiger partial charge is 0.369 e. The predicted molar refractivity (Wildman–Crippen MR) is 73.8 cm³/mol. The van der Waals surface area contributed by atoms with Crippen molar-refractivity contribution in [3.8, 4) is 0 Å². The second-order valence-corrected chi connectivity index (χ2v) is 5.92. The van der Waals surface area contributed by atoms with Gasteiger partial charge in [-0.05, 0) is 38.5 Å². The summed E-state index contributed by atoms with van der Waals surface area (Å²) >= 11 is 3.30. The van der Waals surface area contributed by atoms with E-state index >= 15 is 0 Å². The Bertz CT molecular complexity index is 300. The fourth-order valence-corrected chi connectivity index (χ4v) is 2.72. The topological polar surface area (TPSA) is 38.3 Å². The minimum Gasteiger partial charge on any atom is -0.369 e. The Balaban J connectivity index is 2.24. The molecule has 1 fully saturated rings. The Morgan fingerprint density at radius 1 is 1.30 bits per heavy atom. The Kier molecular flexibility index (Phi) is 7.87. The van der Waals surface area contributed by atoms with Crippen LogP contribution in [-0.2, 0) is 9.53 Å². The van der Waals surface area contributed by atoms with Crippen LogP contribution in [0, 0.1) is 0 Å². The van der Waals surface area contributed by atoms with E-state index in [1.165, 1.54) is 0 Å². The fraction of sp³-hybridized carbons (Fsp3) is 0.923. The summed E-state index contributed by atoms with van der Waals surface area (Å²) in [6, 6.07) is -0.0570. The molecule has 1 aliphatic carbocycles. The molecule has 0 spiro atoms. The molecule has 3 nitrogen and oxygen atoms in total. The zero-order valence-corrected chi connectivity index (χ0v) is 12.9. The average Bonchev–Trinajstić information content (AvgIpc) is 2.36. The maximum absolute atomic E-state index is 12.1. The summed E-state index contributed by atoms with van der Waals surface area (Å²) in [6.07, 6.45) is 0.241. The van der Waals surface area contributed by atoms with Crippen LogP contribution in [0.3, 0.4) is 0 Å². The first-order chi connectivity index (χ1) is 9.40. The number of unbranched alkanes of at least 4 members (excludes halogenated alkanes) is 1. The molecule has 1 saturated carbocycles. The van der Waals surface area contributed by atoms with Gasteiger partial charge in [-0.1, -0.05) is 15.9 Å². The van der Waals surface area contributed by atoms with Gasteiger partial charge in [0, 0.05) is 17.8 Å². The molecular formula is C13H21BrF3NO2. The monoisotopic (exact) mass is 359 g/mol. The van der Waals surface area contributed by atoms with E-state index in [2.05, 4.69) is 21.2 Å². The fourth-order valence-electron chi connectivity index (χ4n) is 2.32. The molecule has 0 aromatic rings. The first kappa shape index (κ1) is 17.8. The summed E-state index contributed by atoms with van der Waals surface area (Å²) in [5.41, 5.74) is 0. The van der Waals surface area contributed by atoms with Gasteiger partial charge in [-0.15, -0.1) is 0 Å². The summed E-state index contributed by atoms with van der Waals surface area (Å²) in [4.78, 5) is 11.7. The molecule has 2 atom stereocenters. The third-order valence-electron chi connectivity index (χ3n) is 3.26. The zero-order chi connectivity index (χ0) is 15.0. The third-order valence-corrected chi connectivity index (χ3v) is 3.82. The number of halogens is 4. The van der Waals surface area contributed by atoms with Crippen molar-refractivity contribution in [1.82, 2.24) is 5.32 Å². The van der Waals surface area contributed by atoms with Crippen molar-refractivity contribution >= 4 is 21.8 Å². The summed E-state index contributed by atoms with van der Waals surface area (Å²) in [5, 5.41) is 3.76. The van der Waals surface area contributed by atoms with Crippen LogP contribution < -0.4 is 5.32 Å². The minimum atomic E-state index is -4.29. The molecule has 0 heterocycles. The van der Waals surface area contributed by atoms with Crippen molar-refractivity contribution in [1.29, 1.82) is 0 Å². The standard InChI is InChI=1S/C13H21BrF3NO2/c14-7-2-1-6-12(19)18-10-4-3-5-11(8-10)20-9-13(15,16)17/h10-11H,1-9H2,(H,18,19). The maximum Gasteiger partial charge on any atom is 0.411 e. The number of amides is 1. The molecule has 0 saturated heterocycles. The van der Waals surface area contributed by atoms with Gasteiger partial charge in [0.25, 0.3) is 0 Å². The normalized spacial score (nSPS) is 23.6. The van der Waals surface area contributed by atoms with E-state index in [0.29, 0.717) is 19.3 Å². The molecule has 1 aliphatic rings. The molecular weight excluding hydrogens is 339 g/mol. The SMILES string of the molecule is O=C(CCCCBr)NC1CCCC(OCC(F)(F)F)C1. The van der Waals surface area contributed by atoms with Gasteiger partial charge in [0.1, 0.15) is 6.61 Å². The van der Waals surface area contributed by atoms with Crippen molar-refractivity contribution in [2.24, 2.45) is 0 Å². The van der Waals surface area contributed by atoms with Crippen LogP contribution in [0.2, 0.25) is 0 Å². The number of hydrogen-bond donors (Lipinski definition) is 1.